The third-order valence-electron chi connectivity index (χ3n) is 6.98. The Morgan fingerprint density at radius 2 is 1.69 bits per heavy atom. The second-order valence-electron chi connectivity index (χ2n) is 9.49. The number of carbonyl (C=O) groups is 1. The maximum absolute atomic E-state index is 12.1. The number of amides is 1. The molecule has 0 saturated heterocycles. The smallest absolute Gasteiger partial charge is 0.223 e. The number of aryl methyl sites for hydroxylation is 2. The lowest BCUT2D eigenvalue weighted by Crippen LogP contribution is -2.30. The fourth-order valence-electron chi connectivity index (χ4n) is 4.84. The van der Waals surface area contributed by atoms with E-state index in [1.165, 1.54) is 16.3 Å². The van der Waals surface area contributed by atoms with Gasteiger partial charge in [-0.25, -0.2) is 4.98 Å². The van der Waals surface area contributed by atoms with Crippen LogP contribution in [0.1, 0.15) is 58.2 Å². The first kappa shape index (κ1) is 25.7. The van der Waals surface area contributed by atoms with Crippen molar-refractivity contribution in [3.8, 4) is 5.75 Å². The normalized spacial score (nSPS) is 11.4. The number of imidazole rings is 1. The number of ether oxygens (including phenoxy) is 1. The van der Waals surface area contributed by atoms with Gasteiger partial charge in [0.15, 0.2) is 0 Å². The van der Waals surface area contributed by atoms with Crippen molar-refractivity contribution in [2.24, 2.45) is 5.92 Å². The summed E-state index contributed by atoms with van der Waals surface area (Å²) < 4.78 is 8.43. The highest BCUT2D eigenvalue weighted by Crippen LogP contribution is 2.22. The lowest BCUT2D eigenvalue weighted by atomic mass is 10.0. The topological polar surface area (TPSA) is 56.2 Å². The number of carbonyl (C=O) groups excluding carboxylic acids is 1. The standard InChI is InChI=1S/C31H39N3O2/c1-3-24(4-2)31(35)32-20-11-5-6-17-30-33-28-15-9-10-16-29(28)34(30)21-12-22-36-27-19-18-25-13-7-8-14-26(25)23-27/h7-10,13-16,18-19,23-24H,3-6,11-12,17,20-22H2,1-2H3,(H,32,35). The minimum atomic E-state index is 0.148. The van der Waals surface area contributed by atoms with Crippen LogP contribution in [0.5, 0.6) is 5.75 Å². The highest BCUT2D eigenvalue weighted by Gasteiger charge is 2.13. The zero-order valence-corrected chi connectivity index (χ0v) is 21.7. The molecule has 1 N–H and O–H groups in total. The Balaban J connectivity index is 1.27. The van der Waals surface area contributed by atoms with Gasteiger partial charge < -0.3 is 14.6 Å². The van der Waals surface area contributed by atoms with E-state index in [1.54, 1.807) is 0 Å². The van der Waals surface area contributed by atoms with Crippen molar-refractivity contribution in [3.63, 3.8) is 0 Å². The van der Waals surface area contributed by atoms with Crippen molar-refractivity contribution >= 4 is 27.7 Å². The molecule has 1 aromatic heterocycles. The van der Waals surface area contributed by atoms with E-state index in [-0.39, 0.29) is 11.8 Å². The SMILES string of the molecule is CCC(CC)C(=O)NCCCCCc1nc2ccccc2n1CCCOc1ccc2ccccc2c1. The van der Waals surface area contributed by atoms with Crippen LogP contribution in [-0.4, -0.2) is 28.6 Å². The molecule has 5 heteroatoms. The van der Waals surface area contributed by atoms with Gasteiger partial charge in [0.25, 0.3) is 0 Å². The zero-order valence-electron chi connectivity index (χ0n) is 21.7. The Bertz CT molecular complexity index is 1260. The highest BCUT2D eigenvalue weighted by atomic mass is 16.5. The average molecular weight is 486 g/mol. The molecule has 0 aliphatic heterocycles. The summed E-state index contributed by atoms with van der Waals surface area (Å²) in [5.41, 5.74) is 2.25. The van der Waals surface area contributed by atoms with Gasteiger partial charge in [0.05, 0.1) is 17.6 Å². The van der Waals surface area contributed by atoms with E-state index >= 15 is 0 Å². The molecule has 0 aliphatic carbocycles. The maximum Gasteiger partial charge on any atom is 0.223 e. The lowest BCUT2D eigenvalue weighted by molar-refractivity contribution is -0.125. The van der Waals surface area contributed by atoms with E-state index in [9.17, 15) is 4.79 Å². The first-order valence-corrected chi connectivity index (χ1v) is 13.5. The molecule has 0 atom stereocenters. The second-order valence-corrected chi connectivity index (χ2v) is 9.49. The number of fused-ring (bicyclic) bond motifs is 2. The van der Waals surface area contributed by atoms with Gasteiger partial charge in [0, 0.05) is 25.4 Å². The van der Waals surface area contributed by atoms with Crippen molar-refractivity contribution in [1.29, 1.82) is 0 Å². The summed E-state index contributed by atoms with van der Waals surface area (Å²) in [5.74, 6) is 2.41. The van der Waals surface area contributed by atoms with Gasteiger partial charge in [-0.3, -0.25) is 4.79 Å². The van der Waals surface area contributed by atoms with Crippen molar-refractivity contribution in [1.82, 2.24) is 14.9 Å². The Morgan fingerprint density at radius 1 is 0.917 bits per heavy atom. The second kappa shape index (κ2) is 13.1. The number of rotatable bonds is 14. The summed E-state index contributed by atoms with van der Waals surface area (Å²) in [7, 11) is 0. The average Bonchev–Trinajstić information content (AvgIpc) is 3.26. The molecule has 0 fully saturated rings. The summed E-state index contributed by atoms with van der Waals surface area (Å²) in [4.78, 5) is 17.1. The molecule has 4 aromatic rings. The number of aromatic nitrogens is 2. The molecule has 3 aromatic carbocycles. The van der Waals surface area contributed by atoms with Crippen LogP contribution < -0.4 is 10.1 Å². The molecular formula is C31H39N3O2. The van der Waals surface area contributed by atoms with E-state index < -0.39 is 0 Å². The quantitative estimate of drug-likeness (QED) is 0.197. The molecule has 0 spiro atoms. The number of benzene rings is 3. The van der Waals surface area contributed by atoms with Crippen LogP contribution in [0.4, 0.5) is 0 Å². The van der Waals surface area contributed by atoms with Crippen molar-refractivity contribution in [3.05, 3.63) is 72.6 Å². The Morgan fingerprint density at radius 3 is 2.53 bits per heavy atom. The molecule has 1 amide bonds. The van der Waals surface area contributed by atoms with Crippen LogP contribution in [0, 0.1) is 5.92 Å². The summed E-state index contributed by atoms with van der Waals surface area (Å²) in [6.45, 7) is 6.47. The number of para-hydroxylation sites is 2. The summed E-state index contributed by atoms with van der Waals surface area (Å²) in [6, 6.07) is 23.0. The van der Waals surface area contributed by atoms with E-state index in [1.807, 2.05) is 6.07 Å². The highest BCUT2D eigenvalue weighted by molar-refractivity contribution is 5.83. The third-order valence-corrected chi connectivity index (χ3v) is 6.98. The van der Waals surface area contributed by atoms with Gasteiger partial charge in [-0.2, -0.15) is 0 Å². The van der Waals surface area contributed by atoms with Gasteiger partial charge in [-0.1, -0.05) is 62.7 Å². The van der Waals surface area contributed by atoms with Crippen LogP contribution >= 0.6 is 0 Å². The molecule has 190 valence electrons. The van der Waals surface area contributed by atoms with Gasteiger partial charge in [-0.15, -0.1) is 0 Å². The summed E-state index contributed by atoms with van der Waals surface area (Å²) >= 11 is 0. The lowest BCUT2D eigenvalue weighted by Gasteiger charge is -2.13. The van der Waals surface area contributed by atoms with Gasteiger partial charge in [0.1, 0.15) is 11.6 Å². The summed E-state index contributed by atoms with van der Waals surface area (Å²) in [6.07, 6.45) is 6.83. The van der Waals surface area contributed by atoms with Crippen LogP contribution in [0.15, 0.2) is 66.7 Å². The fraction of sp³-hybridized carbons (Fsp3) is 0.419. The summed E-state index contributed by atoms with van der Waals surface area (Å²) in [5, 5.41) is 5.53. The van der Waals surface area contributed by atoms with Crippen molar-refractivity contribution < 1.29 is 9.53 Å². The van der Waals surface area contributed by atoms with Gasteiger partial charge in [0.2, 0.25) is 5.91 Å². The molecule has 0 bridgehead atoms. The van der Waals surface area contributed by atoms with Crippen molar-refractivity contribution in [2.45, 2.75) is 65.3 Å². The molecule has 1 heterocycles. The van der Waals surface area contributed by atoms with Crippen LogP contribution in [-0.2, 0) is 17.8 Å². The van der Waals surface area contributed by atoms with Gasteiger partial charge >= 0.3 is 0 Å². The fourth-order valence-corrected chi connectivity index (χ4v) is 4.84. The van der Waals surface area contributed by atoms with Crippen LogP contribution in [0.2, 0.25) is 0 Å². The molecule has 36 heavy (non-hydrogen) atoms. The largest absolute Gasteiger partial charge is 0.494 e. The maximum atomic E-state index is 12.1. The predicted octanol–water partition coefficient (Wildman–Crippen LogP) is 6.92. The predicted molar refractivity (Wildman–Crippen MR) is 148 cm³/mol. The number of unbranched alkanes of at least 4 members (excludes halogenated alkanes) is 2. The molecule has 0 unspecified atom stereocenters. The van der Waals surface area contributed by atoms with Gasteiger partial charge in [-0.05, 0) is 67.1 Å². The molecular weight excluding hydrogens is 446 g/mol. The first-order valence-electron chi connectivity index (χ1n) is 13.5. The Labute approximate surface area is 214 Å². The monoisotopic (exact) mass is 485 g/mol. The van der Waals surface area contributed by atoms with E-state index in [0.717, 1.165) is 75.1 Å². The Hall–Kier alpha value is -3.34. The van der Waals surface area contributed by atoms with Crippen LogP contribution in [0.25, 0.3) is 21.8 Å². The first-order chi connectivity index (χ1) is 17.7. The van der Waals surface area contributed by atoms with Crippen molar-refractivity contribution in [2.75, 3.05) is 13.2 Å². The molecule has 5 nitrogen and oxygen atoms in total. The molecule has 0 aliphatic rings. The van der Waals surface area contributed by atoms with E-state index in [4.69, 9.17) is 9.72 Å². The molecule has 4 rings (SSSR count). The van der Waals surface area contributed by atoms with E-state index in [0.29, 0.717) is 6.61 Å². The molecule has 0 saturated carbocycles. The Kier molecular flexibility index (Phi) is 9.37. The number of hydrogen-bond acceptors (Lipinski definition) is 3. The zero-order chi connectivity index (χ0) is 25.2. The molecule has 0 radical (unpaired) electrons. The minimum absolute atomic E-state index is 0.148. The third kappa shape index (κ3) is 6.66. The van der Waals surface area contributed by atoms with E-state index in [2.05, 4.69) is 84.4 Å². The minimum Gasteiger partial charge on any atom is -0.494 e. The van der Waals surface area contributed by atoms with Crippen LogP contribution in [0.3, 0.4) is 0 Å². The number of nitrogens with zero attached hydrogens (tertiary/aromatic N) is 2. The number of nitrogens with one attached hydrogen (secondary N) is 1. The number of hydrogen-bond donors (Lipinski definition) is 1.